The molecule has 16 heavy (non-hydrogen) atoms. The van der Waals surface area contributed by atoms with E-state index in [9.17, 15) is 4.79 Å². The maximum atomic E-state index is 11.6. The van der Waals surface area contributed by atoms with Crippen LogP contribution < -0.4 is 5.32 Å². The molecule has 1 fully saturated rings. The fourth-order valence-electron chi connectivity index (χ4n) is 1.64. The molecule has 0 unspecified atom stereocenters. The van der Waals surface area contributed by atoms with Gasteiger partial charge in [0.25, 0.3) is 0 Å². The Kier molecular flexibility index (Phi) is 3.64. The number of carbonyl (C=O) groups excluding carboxylic acids is 1. The summed E-state index contributed by atoms with van der Waals surface area (Å²) in [6.07, 6.45) is 3.04. The van der Waals surface area contributed by atoms with E-state index in [-0.39, 0.29) is 5.91 Å². The van der Waals surface area contributed by atoms with Gasteiger partial charge < -0.3 is 5.32 Å². The van der Waals surface area contributed by atoms with E-state index in [4.69, 9.17) is 0 Å². The average molecular weight is 282 g/mol. The van der Waals surface area contributed by atoms with Crippen molar-refractivity contribution < 1.29 is 4.79 Å². The Morgan fingerprint density at radius 2 is 2.25 bits per heavy atom. The highest BCUT2D eigenvalue weighted by atomic mass is 79.9. The first-order valence-electron chi connectivity index (χ1n) is 5.67. The van der Waals surface area contributed by atoms with Crippen molar-refractivity contribution >= 4 is 21.8 Å². The Hall–Kier alpha value is -0.830. The van der Waals surface area contributed by atoms with Crippen molar-refractivity contribution in [1.29, 1.82) is 0 Å². The molecule has 1 aromatic carbocycles. The van der Waals surface area contributed by atoms with Crippen LogP contribution in [0, 0.1) is 12.8 Å². The number of amides is 1. The van der Waals surface area contributed by atoms with Gasteiger partial charge in [0.2, 0.25) is 5.91 Å². The van der Waals surface area contributed by atoms with E-state index in [1.165, 1.54) is 18.4 Å². The van der Waals surface area contributed by atoms with Crippen LogP contribution in [0.5, 0.6) is 0 Å². The molecule has 1 aliphatic carbocycles. The van der Waals surface area contributed by atoms with Gasteiger partial charge in [0.15, 0.2) is 0 Å². The van der Waals surface area contributed by atoms with Crippen LogP contribution in [0.1, 0.15) is 24.0 Å². The minimum absolute atomic E-state index is 0.133. The molecule has 86 valence electrons. The highest BCUT2D eigenvalue weighted by Gasteiger charge is 2.21. The fraction of sp³-hybridized carbons (Fsp3) is 0.462. The number of halogens is 1. The summed E-state index contributed by atoms with van der Waals surface area (Å²) in [5.41, 5.74) is 2.25. The molecule has 0 spiro atoms. The average Bonchev–Trinajstić information content (AvgIpc) is 3.04. The van der Waals surface area contributed by atoms with Crippen LogP contribution in [0.4, 0.5) is 0 Å². The van der Waals surface area contributed by atoms with Crippen molar-refractivity contribution in [3.8, 4) is 0 Å². The Morgan fingerprint density at radius 1 is 1.50 bits per heavy atom. The second-order valence-corrected chi connectivity index (χ2v) is 5.36. The number of nitrogens with one attached hydrogen (secondary N) is 1. The van der Waals surface area contributed by atoms with Gasteiger partial charge in [0.05, 0.1) is 6.42 Å². The molecule has 1 aliphatic rings. The van der Waals surface area contributed by atoms with Gasteiger partial charge in [-0.2, -0.15) is 0 Å². The minimum Gasteiger partial charge on any atom is -0.356 e. The third-order valence-corrected chi connectivity index (χ3v) is 3.76. The standard InChI is InChI=1S/C13H16BrNO/c1-9-6-11(4-5-12(9)14)7-13(16)15-8-10-2-3-10/h4-6,10H,2-3,7-8H2,1H3,(H,15,16). The van der Waals surface area contributed by atoms with Crippen LogP contribution in [0.3, 0.4) is 0 Å². The highest BCUT2D eigenvalue weighted by Crippen LogP contribution is 2.27. The smallest absolute Gasteiger partial charge is 0.224 e. The SMILES string of the molecule is Cc1cc(CC(=O)NCC2CC2)ccc1Br. The summed E-state index contributed by atoms with van der Waals surface area (Å²) in [4.78, 5) is 11.6. The topological polar surface area (TPSA) is 29.1 Å². The normalized spacial score (nSPS) is 14.9. The second kappa shape index (κ2) is 5.00. The molecule has 3 heteroatoms. The van der Waals surface area contributed by atoms with Crippen LogP contribution in [0.15, 0.2) is 22.7 Å². The number of aryl methyl sites for hydroxylation is 1. The number of carbonyl (C=O) groups is 1. The predicted molar refractivity (Wildman–Crippen MR) is 68.3 cm³/mol. The lowest BCUT2D eigenvalue weighted by atomic mass is 10.1. The number of hydrogen-bond acceptors (Lipinski definition) is 1. The summed E-state index contributed by atoms with van der Waals surface area (Å²) in [7, 11) is 0. The summed E-state index contributed by atoms with van der Waals surface area (Å²) in [5.74, 6) is 0.879. The predicted octanol–water partition coefficient (Wildman–Crippen LogP) is 2.83. The van der Waals surface area contributed by atoms with E-state index in [1.807, 2.05) is 19.1 Å². The molecule has 0 heterocycles. The van der Waals surface area contributed by atoms with Gasteiger partial charge in [-0.25, -0.2) is 0 Å². The maximum Gasteiger partial charge on any atom is 0.224 e. The molecule has 0 bridgehead atoms. The molecule has 1 saturated carbocycles. The fourth-order valence-corrected chi connectivity index (χ4v) is 1.89. The van der Waals surface area contributed by atoms with Crippen LogP contribution in [-0.2, 0) is 11.2 Å². The van der Waals surface area contributed by atoms with Gasteiger partial charge in [-0.05, 0) is 42.9 Å². The first-order chi connectivity index (χ1) is 7.65. The Bertz CT molecular complexity index is 399. The van der Waals surface area contributed by atoms with E-state index in [0.717, 1.165) is 22.5 Å². The molecule has 2 nitrogen and oxygen atoms in total. The van der Waals surface area contributed by atoms with Crippen LogP contribution in [0.2, 0.25) is 0 Å². The van der Waals surface area contributed by atoms with E-state index in [0.29, 0.717) is 6.42 Å². The minimum atomic E-state index is 0.133. The monoisotopic (exact) mass is 281 g/mol. The molecule has 2 rings (SSSR count). The van der Waals surface area contributed by atoms with Crippen molar-refractivity contribution in [1.82, 2.24) is 5.32 Å². The Balaban J connectivity index is 1.86. The van der Waals surface area contributed by atoms with E-state index >= 15 is 0 Å². The third-order valence-electron chi connectivity index (χ3n) is 2.87. The lowest BCUT2D eigenvalue weighted by molar-refractivity contribution is -0.120. The molecule has 0 aromatic heterocycles. The van der Waals surface area contributed by atoms with E-state index < -0.39 is 0 Å². The molecule has 0 aliphatic heterocycles. The van der Waals surface area contributed by atoms with Crippen molar-refractivity contribution in [2.75, 3.05) is 6.54 Å². The van der Waals surface area contributed by atoms with E-state index in [2.05, 4.69) is 27.3 Å². The summed E-state index contributed by atoms with van der Waals surface area (Å²) < 4.78 is 1.09. The molecule has 0 atom stereocenters. The van der Waals surface area contributed by atoms with E-state index in [1.54, 1.807) is 0 Å². The quantitative estimate of drug-likeness (QED) is 0.904. The van der Waals surface area contributed by atoms with Crippen molar-refractivity contribution in [3.63, 3.8) is 0 Å². The summed E-state index contributed by atoms with van der Waals surface area (Å²) in [6, 6.07) is 6.05. The zero-order valence-electron chi connectivity index (χ0n) is 9.42. The second-order valence-electron chi connectivity index (χ2n) is 4.51. The van der Waals surface area contributed by atoms with Gasteiger partial charge in [0, 0.05) is 11.0 Å². The summed E-state index contributed by atoms with van der Waals surface area (Å²) >= 11 is 3.45. The molecule has 0 saturated heterocycles. The highest BCUT2D eigenvalue weighted by molar-refractivity contribution is 9.10. The number of benzene rings is 1. The molecular formula is C13H16BrNO. The van der Waals surface area contributed by atoms with Crippen LogP contribution in [-0.4, -0.2) is 12.5 Å². The van der Waals surface area contributed by atoms with Gasteiger partial charge in [-0.1, -0.05) is 28.1 Å². The first-order valence-corrected chi connectivity index (χ1v) is 6.46. The maximum absolute atomic E-state index is 11.6. The van der Waals surface area contributed by atoms with Crippen LogP contribution in [0.25, 0.3) is 0 Å². The Labute approximate surface area is 105 Å². The molecule has 1 N–H and O–H groups in total. The lowest BCUT2D eigenvalue weighted by Crippen LogP contribution is -2.27. The Morgan fingerprint density at radius 3 is 2.88 bits per heavy atom. The molecular weight excluding hydrogens is 266 g/mol. The third kappa shape index (κ3) is 3.34. The van der Waals surface area contributed by atoms with Crippen molar-refractivity contribution in [2.45, 2.75) is 26.2 Å². The number of rotatable bonds is 4. The number of hydrogen-bond donors (Lipinski definition) is 1. The largest absolute Gasteiger partial charge is 0.356 e. The van der Waals surface area contributed by atoms with Crippen molar-refractivity contribution in [3.05, 3.63) is 33.8 Å². The van der Waals surface area contributed by atoms with Crippen molar-refractivity contribution in [2.24, 2.45) is 5.92 Å². The van der Waals surface area contributed by atoms with Gasteiger partial charge in [-0.15, -0.1) is 0 Å². The zero-order valence-corrected chi connectivity index (χ0v) is 11.0. The lowest BCUT2D eigenvalue weighted by Gasteiger charge is -2.05. The summed E-state index contributed by atoms with van der Waals surface area (Å²) in [6.45, 7) is 2.89. The first kappa shape index (κ1) is 11.6. The van der Waals surface area contributed by atoms with Crippen LogP contribution >= 0.6 is 15.9 Å². The molecule has 1 amide bonds. The van der Waals surface area contributed by atoms with Gasteiger partial charge in [-0.3, -0.25) is 4.79 Å². The van der Waals surface area contributed by atoms with Gasteiger partial charge in [0.1, 0.15) is 0 Å². The zero-order chi connectivity index (χ0) is 11.5. The molecule has 1 aromatic rings. The van der Waals surface area contributed by atoms with Gasteiger partial charge >= 0.3 is 0 Å². The summed E-state index contributed by atoms with van der Waals surface area (Å²) in [5, 5.41) is 2.98. The molecule has 0 radical (unpaired) electrons.